The molecule has 7 heteroatoms. The average molecular weight is 422 g/mol. The van der Waals surface area contributed by atoms with Crippen molar-refractivity contribution in [2.75, 3.05) is 5.75 Å². The molecule has 0 saturated heterocycles. The Morgan fingerprint density at radius 3 is 2.75 bits per heavy atom. The molecule has 1 N–H and O–H groups in total. The largest absolute Gasteiger partial charge is 0.348 e. The second-order valence-corrected chi connectivity index (χ2v) is 10.4. The van der Waals surface area contributed by atoms with Crippen molar-refractivity contribution in [3.8, 4) is 0 Å². The number of carbonyl (C=O) groups is 1. The molecular weight excluding hydrogens is 397 g/mol. The second kappa shape index (κ2) is 8.66. The lowest BCUT2D eigenvalue weighted by molar-refractivity contribution is -0.121. The number of hydrogen-bond acceptors (Lipinski definition) is 4. The molecule has 28 heavy (non-hydrogen) atoms. The molecule has 0 spiro atoms. The lowest BCUT2D eigenvalue weighted by Crippen LogP contribution is -2.33. The number of benzene rings is 2. The van der Waals surface area contributed by atoms with E-state index in [0.29, 0.717) is 29.7 Å². The summed E-state index contributed by atoms with van der Waals surface area (Å²) < 4.78 is 38.9. The van der Waals surface area contributed by atoms with Crippen LogP contribution in [0.1, 0.15) is 43.9 Å². The van der Waals surface area contributed by atoms with Crippen LogP contribution in [-0.2, 0) is 21.1 Å². The normalized spacial score (nSPS) is 17.2. The number of nitrogens with one attached hydrogen (secondary N) is 1. The van der Waals surface area contributed by atoms with Gasteiger partial charge in [0.15, 0.2) is 9.84 Å². The van der Waals surface area contributed by atoms with Crippen LogP contribution >= 0.6 is 11.8 Å². The van der Waals surface area contributed by atoms with Crippen LogP contribution in [0.15, 0.2) is 52.3 Å². The van der Waals surface area contributed by atoms with Crippen molar-refractivity contribution < 1.29 is 17.6 Å². The van der Waals surface area contributed by atoms with Gasteiger partial charge in [-0.15, -0.1) is 11.8 Å². The number of halogens is 1. The van der Waals surface area contributed by atoms with E-state index < -0.39 is 15.1 Å². The third-order valence-corrected chi connectivity index (χ3v) is 8.14. The fourth-order valence-electron chi connectivity index (χ4n) is 3.48. The summed E-state index contributed by atoms with van der Waals surface area (Å²) in [4.78, 5) is 13.6. The van der Waals surface area contributed by atoms with Crippen LogP contribution in [0.5, 0.6) is 0 Å². The Kier molecular flexibility index (Phi) is 6.45. The molecule has 150 valence electrons. The smallest absolute Gasteiger partial charge is 0.233 e. The summed E-state index contributed by atoms with van der Waals surface area (Å²) >= 11 is 1.23. The van der Waals surface area contributed by atoms with E-state index >= 15 is 0 Å². The van der Waals surface area contributed by atoms with Crippen molar-refractivity contribution in [2.24, 2.45) is 0 Å². The van der Waals surface area contributed by atoms with Gasteiger partial charge in [-0.3, -0.25) is 4.79 Å². The van der Waals surface area contributed by atoms with Crippen LogP contribution in [-0.4, -0.2) is 25.3 Å². The Hall–Kier alpha value is -1.86. The first-order chi connectivity index (χ1) is 13.3. The first kappa shape index (κ1) is 20.9. The summed E-state index contributed by atoms with van der Waals surface area (Å²) in [5, 5.41) is 2.51. The third-order valence-electron chi connectivity index (χ3n) is 4.86. The van der Waals surface area contributed by atoms with Gasteiger partial charge in [0.1, 0.15) is 5.82 Å². The van der Waals surface area contributed by atoms with Gasteiger partial charge in [-0.25, -0.2) is 12.8 Å². The van der Waals surface area contributed by atoms with Crippen LogP contribution in [0.4, 0.5) is 4.39 Å². The SMILES string of the molecule is CCCS(=O)(=O)c1ccccc1SC(C)C(=O)NC1CCc2c(F)cccc21. The van der Waals surface area contributed by atoms with Crippen LogP contribution < -0.4 is 5.32 Å². The zero-order valence-corrected chi connectivity index (χ0v) is 17.6. The van der Waals surface area contributed by atoms with E-state index in [4.69, 9.17) is 0 Å². The van der Waals surface area contributed by atoms with Gasteiger partial charge in [-0.1, -0.05) is 31.2 Å². The zero-order valence-electron chi connectivity index (χ0n) is 15.9. The number of rotatable bonds is 7. The minimum Gasteiger partial charge on any atom is -0.348 e. The Balaban J connectivity index is 1.72. The van der Waals surface area contributed by atoms with E-state index in [1.165, 1.54) is 17.8 Å². The molecule has 0 aromatic heterocycles. The number of carbonyl (C=O) groups excluding carboxylic acids is 1. The monoisotopic (exact) mass is 421 g/mol. The van der Waals surface area contributed by atoms with Crippen molar-refractivity contribution in [3.05, 3.63) is 59.4 Å². The maximum absolute atomic E-state index is 13.9. The topological polar surface area (TPSA) is 63.2 Å². The molecule has 0 aliphatic heterocycles. The molecular formula is C21H24FNO3S2. The van der Waals surface area contributed by atoms with Gasteiger partial charge in [-0.05, 0) is 55.5 Å². The molecule has 1 aliphatic carbocycles. The highest BCUT2D eigenvalue weighted by molar-refractivity contribution is 8.01. The number of hydrogen-bond donors (Lipinski definition) is 1. The van der Waals surface area contributed by atoms with Gasteiger partial charge in [0, 0.05) is 4.90 Å². The molecule has 4 nitrogen and oxygen atoms in total. The summed E-state index contributed by atoms with van der Waals surface area (Å²) in [6.45, 7) is 3.58. The first-order valence-corrected chi connectivity index (χ1v) is 11.9. The Morgan fingerprint density at radius 2 is 2.00 bits per heavy atom. The summed E-state index contributed by atoms with van der Waals surface area (Å²) in [5.74, 6) is -0.336. The fraction of sp³-hybridized carbons (Fsp3) is 0.381. The molecule has 2 aromatic carbocycles. The molecule has 0 radical (unpaired) electrons. The molecule has 2 atom stereocenters. The minimum atomic E-state index is -3.37. The van der Waals surface area contributed by atoms with Crippen LogP contribution in [0.25, 0.3) is 0 Å². The van der Waals surface area contributed by atoms with Crippen molar-refractivity contribution in [3.63, 3.8) is 0 Å². The molecule has 0 bridgehead atoms. The molecule has 1 aliphatic rings. The van der Waals surface area contributed by atoms with Gasteiger partial charge in [0.25, 0.3) is 0 Å². The maximum Gasteiger partial charge on any atom is 0.233 e. The minimum absolute atomic E-state index is 0.0789. The average Bonchev–Trinajstić information content (AvgIpc) is 3.06. The molecule has 0 heterocycles. The van der Waals surface area contributed by atoms with Crippen molar-refractivity contribution in [1.82, 2.24) is 5.32 Å². The van der Waals surface area contributed by atoms with Crippen molar-refractivity contribution in [2.45, 2.75) is 54.2 Å². The predicted octanol–water partition coefficient (Wildman–Crippen LogP) is 4.29. The van der Waals surface area contributed by atoms with E-state index in [1.54, 1.807) is 37.3 Å². The van der Waals surface area contributed by atoms with Crippen molar-refractivity contribution >= 4 is 27.5 Å². The molecule has 3 rings (SSSR count). The first-order valence-electron chi connectivity index (χ1n) is 9.39. The Bertz CT molecular complexity index is 975. The van der Waals surface area contributed by atoms with E-state index in [9.17, 15) is 17.6 Å². The van der Waals surface area contributed by atoms with Gasteiger partial charge in [0.2, 0.25) is 5.91 Å². The quantitative estimate of drug-likeness (QED) is 0.678. The number of amides is 1. The van der Waals surface area contributed by atoms with E-state index in [1.807, 2.05) is 13.0 Å². The lowest BCUT2D eigenvalue weighted by Gasteiger charge is -2.19. The standard InChI is InChI=1S/C21H24FNO3S2/c1-3-13-28(25,26)20-10-5-4-9-19(20)27-14(2)21(24)23-18-12-11-15-16(18)7-6-8-17(15)22/h4-10,14,18H,3,11-13H2,1-2H3,(H,23,24). The number of sulfone groups is 1. The number of fused-ring (bicyclic) bond motifs is 1. The summed E-state index contributed by atoms with van der Waals surface area (Å²) in [6, 6.07) is 11.5. The van der Waals surface area contributed by atoms with E-state index in [0.717, 1.165) is 5.56 Å². The maximum atomic E-state index is 13.9. The van der Waals surface area contributed by atoms with Gasteiger partial charge in [-0.2, -0.15) is 0 Å². The van der Waals surface area contributed by atoms with E-state index in [2.05, 4.69) is 5.32 Å². The van der Waals surface area contributed by atoms with Crippen LogP contribution in [0.2, 0.25) is 0 Å². The zero-order chi connectivity index (χ0) is 20.3. The lowest BCUT2D eigenvalue weighted by atomic mass is 10.1. The molecule has 2 aromatic rings. The molecule has 1 amide bonds. The number of thioether (sulfide) groups is 1. The summed E-state index contributed by atoms with van der Waals surface area (Å²) in [7, 11) is -3.37. The molecule has 0 fully saturated rings. The summed E-state index contributed by atoms with van der Waals surface area (Å²) in [5.41, 5.74) is 1.50. The molecule has 2 unspecified atom stereocenters. The van der Waals surface area contributed by atoms with Crippen LogP contribution in [0.3, 0.4) is 0 Å². The second-order valence-electron chi connectivity index (χ2n) is 6.93. The van der Waals surface area contributed by atoms with Gasteiger partial charge >= 0.3 is 0 Å². The van der Waals surface area contributed by atoms with Crippen LogP contribution in [0, 0.1) is 5.82 Å². The Labute approximate surface area is 169 Å². The third kappa shape index (κ3) is 4.41. The highest BCUT2D eigenvalue weighted by Gasteiger charge is 2.28. The summed E-state index contributed by atoms with van der Waals surface area (Å²) in [6.07, 6.45) is 1.81. The highest BCUT2D eigenvalue weighted by Crippen LogP contribution is 2.34. The Morgan fingerprint density at radius 1 is 1.25 bits per heavy atom. The fourth-order valence-corrected chi connectivity index (χ4v) is 6.32. The van der Waals surface area contributed by atoms with Crippen molar-refractivity contribution in [1.29, 1.82) is 0 Å². The van der Waals surface area contributed by atoms with Gasteiger partial charge < -0.3 is 5.32 Å². The highest BCUT2D eigenvalue weighted by atomic mass is 32.2. The van der Waals surface area contributed by atoms with Gasteiger partial charge in [0.05, 0.1) is 21.9 Å². The predicted molar refractivity (Wildman–Crippen MR) is 110 cm³/mol. The van der Waals surface area contributed by atoms with E-state index in [-0.39, 0.29) is 28.4 Å². The molecule has 0 saturated carbocycles.